The molecule has 0 spiro atoms. The first-order valence-electron chi connectivity index (χ1n) is 14.6. The van der Waals surface area contributed by atoms with E-state index in [-0.39, 0.29) is 49.2 Å². The number of aliphatic hydroxyl groups excluding tert-OH is 1. The third-order valence-corrected chi connectivity index (χ3v) is 8.51. The monoisotopic (exact) mass is 594 g/mol. The van der Waals surface area contributed by atoms with Crippen LogP contribution in [-0.2, 0) is 11.2 Å². The lowest BCUT2D eigenvalue weighted by Crippen LogP contribution is -2.46. The minimum absolute atomic E-state index is 0.00474. The molecule has 1 saturated carbocycles. The predicted molar refractivity (Wildman–Crippen MR) is 158 cm³/mol. The Labute approximate surface area is 248 Å². The van der Waals surface area contributed by atoms with Crippen molar-refractivity contribution in [3.63, 3.8) is 0 Å². The number of hydrogen-bond acceptors (Lipinski definition) is 9. The summed E-state index contributed by atoms with van der Waals surface area (Å²) < 4.78 is 48.6. The van der Waals surface area contributed by atoms with Gasteiger partial charge in [0.2, 0.25) is 0 Å². The van der Waals surface area contributed by atoms with Gasteiger partial charge in [-0.3, -0.25) is 0 Å². The van der Waals surface area contributed by atoms with Gasteiger partial charge in [0.05, 0.1) is 24.2 Å². The average molecular weight is 595 g/mol. The average Bonchev–Trinajstić information content (AvgIpc) is 3.79. The second-order valence-electron chi connectivity index (χ2n) is 12.0. The Balaban J connectivity index is 1.59. The van der Waals surface area contributed by atoms with Crippen molar-refractivity contribution in [2.75, 3.05) is 45.1 Å². The maximum Gasteiger partial charge on any atom is 0.317 e. The van der Waals surface area contributed by atoms with Crippen LogP contribution in [0.25, 0.3) is 32.9 Å². The molecule has 4 aromatic rings. The van der Waals surface area contributed by atoms with Crippen LogP contribution >= 0.6 is 0 Å². The van der Waals surface area contributed by atoms with Crippen molar-refractivity contribution in [3.05, 3.63) is 47.7 Å². The number of hydrogen-bond donors (Lipinski definition) is 2. The maximum absolute atomic E-state index is 16.8. The van der Waals surface area contributed by atoms with Gasteiger partial charge in [0.25, 0.3) is 0 Å². The Morgan fingerprint density at radius 1 is 1.09 bits per heavy atom. The molecule has 2 aromatic carbocycles. The summed E-state index contributed by atoms with van der Waals surface area (Å²) in [6.07, 6.45) is 4.87. The smallest absolute Gasteiger partial charge is 0.317 e. The van der Waals surface area contributed by atoms with E-state index in [2.05, 4.69) is 9.97 Å². The van der Waals surface area contributed by atoms with E-state index in [0.717, 1.165) is 12.8 Å². The van der Waals surface area contributed by atoms with Crippen molar-refractivity contribution in [3.8, 4) is 23.0 Å². The molecule has 2 aliphatic rings. The Hall–Kier alpha value is -3.67. The molecule has 0 unspecified atom stereocenters. The zero-order chi connectivity index (χ0) is 30.4. The van der Waals surface area contributed by atoms with Crippen LogP contribution < -0.4 is 14.4 Å². The fourth-order valence-corrected chi connectivity index (χ4v) is 5.89. The summed E-state index contributed by atoms with van der Waals surface area (Å²) in [5.74, 6) is -0.286. The number of fused-ring (bicyclic) bond motifs is 2. The standard InChI is InChI=1S/C32H36F2N4O5/c1-4-21-24(33)7-6-19-12-20(43-18-41-3)13-22(25(19)21)27-26(34)28-23(29(36-27)38-11-5-8-31(2,40)15-38)14-35-30(37-28)42-17-32(16-39)9-10-32/h6-7,12-14,39-40H,4-5,8-11,15-18H2,1-3H3/t31-/m1/s1. The van der Waals surface area contributed by atoms with Gasteiger partial charge >= 0.3 is 6.01 Å². The Morgan fingerprint density at radius 2 is 1.91 bits per heavy atom. The van der Waals surface area contributed by atoms with Crippen molar-refractivity contribution in [1.82, 2.24) is 15.0 Å². The summed E-state index contributed by atoms with van der Waals surface area (Å²) in [7, 11) is 1.50. The van der Waals surface area contributed by atoms with Crippen LogP contribution in [0.4, 0.5) is 14.6 Å². The molecule has 11 heteroatoms. The molecular formula is C32H36F2N4O5. The van der Waals surface area contributed by atoms with Gasteiger partial charge in [-0.25, -0.2) is 18.7 Å². The van der Waals surface area contributed by atoms with Gasteiger partial charge in [0.15, 0.2) is 12.6 Å². The minimum atomic E-state index is -0.966. The number of methoxy groups -OCH3 is 1. The lowest BCUT2D eigenvalue weighted by atomic mass is 9.93. The maximum atomic E-state index is 16.8. The molecule has 0 radical (unpaired) electrons. The number of pyridine rings is 1. The highest BCUT2D eigenvalue weighted by molar-refractivity contribution is 6.02. The summed E-state index contributed by atoms with van der Waals surface area (Å²) in [5, 5.41) is 22.2. The lowest BCUT2D eigenvalue weighted by molar-refractivity contribution is 0.0448. The Morgan fingerprint density at radius 3 is 2.60 bits per heavy atom. The largest absolute Gasteiger partial charge is 0.468 e. The summed E-state index contributed by atoms with van der Waals surface area (Å²) >= 11 is 0. The number of β-amino-alcohol motifs (C(OH)–C–C–N with tert-alkyl or cyclic N) is 1. The van der Waals surface area contributed by atoms with E-state index in [0.29, 0.717) is 64.7 Å². The van der Waals surface area contributed by atoms with Crippen molar-refractivity contribution < 1.29 is 33.2 Å². The van der Waals surface area contributed by atoms with Gasteiger partial charge in [0.1, 0.15) is 28.6 Å². The SMILES string of the molecule is CCc1c(F)ccc2cc(OCOC)cc(-c3nc(N4CCC[C@@](C)(O)C4)c4cnc(OCC5(CO)CC5)nc4c3F)c12. The second kappa shape index (κ2) is 11.4. The van der Waals surface area contributed by atoms with Crippen LogP contribution in [0.5, 0.6) is 11.8 Å². The first-order chi connectivity index (χ1) is 20.7. The molecule has 2 aromatic heterocycles. The van der Waals surface area contributed by atoms with Gasteiger partial charge in [-0.1, -0.05) is 13.0 Å². The van der Waals surface area contributed by atoms with E-state index >= 15 is 8.78 Å². The van der Waals surface area contributed by atoms with Crippen molar-refractivity contribution >= 4 is 27.5 Å². The molecule has 9 nitrogen and oxygen atoms in total. The van der Waals surface area contributed by atoms with E-state index in [9.17, 15) is 10.2 Å². The number of halogens is 2. The van der Waals surface area contributed by atoms with E-state index in [1.54, 1.807) is 25.1 Å². The highest BCUT2D eigenvalue weighted by Crippen LogP contribution is 2.45. The number of benzene rings is 2. The van der Waals surface area contributed by atoms with E-state index < -0.39 is 17.2 Å². The molecule has 6 rings (SSSR count). The molecule has 0 amide bonds. The highest BCUT2D eigenvalue weighted by Gasteiger charge is 2.43. The van der Waals surface area contributed by atoms with Crippen molar-refractivity contribution in [2.45, 2.75) is 51.6 Å². The molecule has 1 aliphatic carbocycles. The van der Waals surface area contributed by atoms with Crippen LogP contribution in [-0.4, -0.2) is 71.0 Å². The Kier molecular flexibility index (Phi) is 7.82. The Bertz CT molecular complexity index is 1680. The molecule has 0 bridgehead atoms. The molecule has 1 atom stereocenters. The number of anilines is 1. The molecular weight excluding hydrogens is 558 g/mol. The predicted octanol–water partition coefficient (Wildman–Crippen LogP) is 5.17. The van der Waals surface area contributed by atoms with Crippen LogP contribution in [0.2, 0.25) is 0 Å². The van der Waals surface area contributed by atoms with Crippen molar-refractivity contribution in [2.24, 2.45) is 5.41 Å². The number of ether oxygens (including phenoxy) is 3. The highest BCUT2D eigenvalue weighted by atomic mass is 19.1. The topological polar surface area (TPSA) is 110 Å². The van der Waals surface area contributed by atoms with E-state index in [1.807, 2.05) is 11.8 Å². The first-order valence-corrected chi connectivity index (χ1v) is 14.6. The number of piperidine rings is 1. The molecule has 2 N–H and O–H groups in total. The molecule has 228 valence electrons. The number of nitrogens with zero attached hydrogens (tertiary/aromatic N) is 4. The van der Waals surface area contributed by atoms with Crippen LogP contribution in [0.1, 0.15) is 45.1 Å². The molecule has 2 fully saturated rings. The third kappa shape index (κ3) is 5.69. The van der Waals surface area contributed by atoms with Gasteiger partial charge in [0, 0.05) is 37.4 Å². The summed E-state index contributed by atoms with van der Waals surface area (Å²) in [6.45, 7) is 4.67. The first kappa shape index (κ1) is 29.4. The number of rotatable bonds is 10. The fourth-order valence-electron chi connectivity index (χ4n) is 5.89. The van der Waals surface area contributed by atoms with Gasteiger partial charge in [-0.05, 0) is 73.6 Å². The zero-order valence-electron chi connectivity index (χ0n) is 24.6. The normalized spacial score (nSPS) is 19.7. The number of aryl methyl sites for hydroxylation is 1. The van der Waals surface area contributed by atoms with Crippen LogP contribution in [0.3, 0.4) is 0 Å². The summed E-state index contributed by atoms with van der Waals surface area (Å²) in [4.78, 5) is 15.6. The van der Waals surface area contributed by atoms with Crippen LogP contribution in [0, 0.1) is 17.0 Å². The quantitative estimate of drug-likeness (QED) is 0.240. The summed E-state index contributed by atoms with van der Waals surface area (Å²) in [6, 6.07) is 6.43. The zero-order valence-corrected chi connectivity index (χ0v) is 24.6. The number of aromatic nitrogens is 3. The van der Waals surface area contributed by atoms with Gasteiger partial charge < -0.3 is 29.3 Å². The van der Waals surface area contributed by atoms with Gasteiger partial charge in [-0.2, -0.15) is 4.98 Å². The molecule has 3 heterocycles. The van der Waals surface area contributed by atoms with E-state index in [4.69, 9.17) is 19.2 Å². The molecule has 43 heavy (non-hydrogen) atoms. The minimum Gasteiger partial charge on any atom is -0.468 e. The van der Waals surface area contributed by atoms with Crippen molar-refractivity contribution in [1.29, 1.82) is 0 Å². The van der Waals surface area contributed by atoms with E-state index in [1.165, 1.54) is 19.4 Å². The fraction of sp³-hybridized carbons (Fsp3) is 0.469. The summed E-state index contributed by atoms with van der Waals surface area (Å²) in [5.41, 5.74) is -0.531. The lowest BCUT2D eigenvalue weighted by Gasteiger charge is -2.38. The second-order valence-corrected chi connectivity index (χ2v) is 12.0. The molecule has 1 aliphatic heterocycles. The van der Waals surface area contributed by atoms with Crippen LogP contribution in [0.15, 0.2) is 30.5 Å². The van der Waals surface area contributed by atoms with Gasteiger partial charge in [-0.15, -0.1) is 0 Å². The third-order valence-electron chi connectivity index (χ3n) is 8.51. The molecule has 1 saturated heterocycles. The number of aliphatic hydroxyl groups is 2.